The predicted octanol–water partition coefficient (Wildman–Crippen LogP) is 1.17. The number of hydrogen-bond donors (Lipinski definition) is 1. The van der Waals surface area contributed by atoms with Gasteiger partial charge in [-0.3, -0.25) is 9.97 Å². The number of hydrogen-bond acceptors (Lipinski definition) is 4. The molecule has 84 valence electrons. The fraction of sp³-hybridized carbons (Fsp3) is 0.273. The maximum Gasteiger partial charge on any atom is 0.140 e. The third-order valence-electron chi connectivity index (χ3n) is 2.40. The first-order valence-electron chi connectivity index (χ1n) is 5.07. The second-order valence-electron chi connectivity index (χ2n) is 3.53. The van der Waals surface area contributed by atoms with E-state index in [-0.39, 0.29) is 5.75 Å². The number of fused-ring (bicyclic) bond motifs is 1. The lowest BCUT2D eigenvalue weighted by Crippen LogP contribution is -1.94. The third-order valence-corrected chi connectivity index (χ3v) is 3.08. The van der Waals surface area contributed by atoms with Gasteiger partial charge < -0.3 is 0 Å². The summed E-state index contributed by atoms with van der Waals surface area (Å²) >= 11 is 0. The van der Waals surface area contributed by atoms with E-state index in [1.165, 1.54) is 0 Å². The smallest absolute Gasteiger partial charge is 0.140 e. The Bertz CT molecular complexity index is 553. The van der Waals surface area contributed by atoms with Crippen molar-refractivity contribution in [2.45, 2.75) is 12.8 Å². The molecule has 0 bridgehead atoms. The fourth-order valence-corrected chi connectivity index (χ4v) is 2.07. The third kappa shape index (κ3) is 2.55. The average molecular weight is 236 g/mol. The van der Waals surface area contributed by atoms with Gasteiger partial charge in [0.05, 0.1) is 11.7 Å². The zero-order valence-electron chi connectivity index (χ0n) is 8.67. The molecule has 0 aliphatic heterocycles. The standard InChI is InChI=1S/C11H12N2O2S/c14-16(15)6-2-3-9-7-12-8-11-10(9)4-1-5-13-11/h1,4-5,7-8,16H,2-3,6H2. The minimum atomic E-state index is -2.28. The Morgan fingerprint density at radius 3 is 2.94 bits per heavy atom. The molecular formula is C11H12N2O2S. The molecule has 2 heterocycles. The van der Waals surface area contributed by atoms with Crippen LogP contribution in [0.15, 0.2) is 30.7 Å². The summed E-state index contributed by atoms with van der Waals surface area (Å²) in [6.45, 7) is 0. The van der Waals surface area contributed by atoms with Crippen molar-refractivity contribution >= 4 is 21.6 Å². The van der Waals surface area contributed by atoms with Crippen LogP contribution in [-0.2, 0) is 17.1 Å². The van der Waals surface area contributed by atoms with E-state index in [2.05, 4.69) is 9.97 Å². The van der Waals surface area contributed by atoms with Crippen molar-refractivity contribution in [3.8, 4) is 0 Å². The molecule has 0 N–H and O–H groups in total. The highest BCUT2D eigenvalue weighted by atomic mass is 32.2. The van der Waals surface area contributed by atoms with Crippen LogP contribution in [-0.4, -0.2) is 24.1 Å². The summed E-state index contributed by atoms with van der Waals surface area (Å²) < 4.78 is 20.9. The molecule has 0 aliphatic carbocycles. The molecule has 16 heavy (non-hydrogen) atoms. The van der Waals surface area contributed by atoms with E-state index >= 15 is 0 Å². The van der Waals surface area contributed by atoms with E-state index in [9.17, 15) is 8.42 Å². The number of nitrogens with zero attached hydrogens (tertiary/aromatic N) is 2. The molecule has 0 fully saturated rings. The van der Waals surface area contributed by atoms with Crippen molar-refractivity contribution in [1.82, 2.24) is 9.97 Å². The van der Waals surface area contributed by atoms with Gasteiger partial charge in [0.2, 0.25) is 0 Å². The van der Waals surface area contributed by atoms with E-state index in [0.29, 0.717) is 6.42 Å². The van der Waals surface area contributed by atoms with Crippen molar-refractivity contribution in [1.29, 1.82) is 0 Å². The van der Waals surface area contributed by atoms with E-state index < -0.39 is 10.7 Å². The lowest BCUT2D eigenvalue weighted by atomic mass is 10.1. The number of rotatable bonds is 4. The summed E-state index contributed by atoms with van der Waals surface area (Å²) in [6.07, 6.45) is 6.57. The van der Waals surface area contributed by atoms with Crippen LogP contribution >= 0.6 is 0 Å². The van der Waals surface area contributed by atoms with Gasteiger partial charge in [0, 0.05) is 23.5 Å². The quantitative estimate of drug-likeness (QED) is 0.810. The Morgan fingerprint density at radius 1 is 1.25 bits per heavy atom. The maximum atomic E-state index is 10.5. The molecule has 0 saturated carbocycles. The summed E-state index contributed by atoms with van der Waals surface area (Å²) in [7, 11) is -2.28. The molecule has 5 heteroatoms. The summed E-state index contributed by atoms with van der Waals surface area (Å²) in [5, 5.41) is 1.05. The molecule has 2 rings (SSSR count). The number of aromatic nitrogens is 2. The van der Waals surface area contributed by atoms with E-state index in [0.717, 1.165) is 22.9 Å². The van der Waals surface area contributed by atoms with Gasteiger partial charge in [-0.2, -0.15) is 0 Å². The highest BCUT2D eigenvalue weighted by Gasteiger charge is 2.01. The summed E-state index contributed by atoms with van der Waals surface area (Å²) in [6, 6.07) is 3.86. The zero-order valence-corrected chi connectivity index (χ0v) is 9.56. The number of thiol groups is 1. The Labute approximate surface area is 95.3 Å². The molecule has 0 amide bonds. The van der Waals surface area contributed by atoms with Crippen LogP contribution in [0.4, 0.5) is 0 Å². The van der Waals surface area contributed by atoms with E-state index in [1.54, 1.807) is 18.6 Å². The summed E-state index contributed by atoms with van der Waals surface area (Å²) in [5.41, 5.74) is 1.91. The highest BCUT2D eigenvalue weighted by molar-refractivity contribution is 7.72. The molecule has 0 aliphatic rings. The highest BCUT2D eigenvalue weighted by Crippen LogP contribution is 2.16. The molecule has 2 aromatic rings. The number of pyridine rings is 2. The van der Waals surface area contributed by atoms with Gasteiger partial charge in [0.1, 0.15) is 10.7 Å². The molecule has 0 atom stereocenters. The summed E-state index contributed by atoms with van der Waals surface area (Å²) in [4.78, 5) is 8.30. The van der Waals surface area contributed by atoms with Crippen molar-refractivity contribution in [3.05, 3.63) is 36.3 Å². The first-order chi connectivity index (χ1) is 7.77. The van der Waals surface area contributed by atoms with Gasteiger partial charge in [-0.25, -0.2) is 8.42 Å². The molecule has 0 aromatic carbocycles. The molecule has 0 radical (unpaired) electrons. The van der Waals surface area contributed by atoms with Crippen LogP contribution in [0.25, 0.3) is 10.9 Å². The van der Waals surface area contributed by atoms with Crippen LogP contribution in [0.3, 0.4) is 0 Å². The van der Waals surface area contributed by atoms with Gasteiger partial charge in [0.25, 0.3) is 0 Å². The van der Waals surface area contributed by atoms with Crippen LogP contribution in [0, 0.1) is 0 Å². The Balaban J connectivity index is 2.23. The molecule has 0 saturated heterocycles. The Hall–Kier alpha value is -1.49. The average Bonchev–Trinajstić information content (AvgIpc) is 2.29. The van der Waals surface area contributed by atoms with Gasteiger partial charge in [-0.1, -0.05) is 6.07 Å². The first-order valence-corrected chi connectivity index (χ1v) is 6.43. The normalized spacial score (nSPS) is 11.1. The topological polar surface area (TPSA) is 59.9 Å². The monoisotopic (exact) mass is 236 g/mol. The lowest BCUT2D eigenvalue weighted by Gasteiger charge is -2.03. The minimum absolute atomic E-state index is 0.228. The number of aryl methyl sites for hydroxylation is 1. The van der Waals surface area contributed by atoms with Gasteiger partial charge >= 0.3 is 0 Å². The largest absolute Gasteiger partial charge is 0.262 e. The summed E-state index contributed by atoms with van der Waals surface area (Å²) in [5.74, 6) is 0.228. The molecular weight excluding hydrogens is 224 g/mol. The van der Waals surface area contributed by atoms with Crippen molar-refractivity contribution < 1.29 is 8.42 Å². The van der Waals surface area contributed by atoms with Gasteiger partial charge in [0.15, 0.2) is 0 Å². The van der Waals surface area contributed by atoms with Gasteiger partial charge in [-0.15, -0.1) is 0 Å². The van der Waals surface area contributed by atoms with Crippen molar-refractivity contribution in [2.75, 3.05) is 5.75 Å². The minimum Gasteiger partial charge on any atom is -0.262 e. The van der Waals surface area contributed by atoms with Crippen LogP contribution in [0.5, 0.6) is 0 Å². The van der Waals surface area contributed by atoms with E-state index in [1.807, 2.05) is 12.1 Å². The second-order valence-corrected chi connectivity index (χ2v) is 4.64. The molecule has 0 spiro atoms. The Kier molecular flexibility index (Phi) is 3.46. The van der Waals surface area contributed by atoms with Crippen molar-refractivity contribution in [2.24, 2.45) is 0 Å². The second kappa shape index (κ2) is 5.03. The molecule has 2 aromatic heterocycles. The molecule has 0 unspecified atom stereocenters. The van der Waals surface area contributed by atoms with E-state index in [4.69, 9.17) is 0 Å². The first kappa shape index (κ1) is 11.0. The van der Waals surface area contributed by atoms with Crippen LogP contribution in [0.2, 0.25) is 0 Å². The predicted molar refractivity (Wildman–Crippen MR) is 63.0 cm³/mol. The SMILES string of the molecule is O=[SH](=O)CCCc1cncc2ncccc12. The fourth-order valence-electron chi connectivity index (χ4n) is 1.66. The van der Waals surface area contributed by atoms with Crippen LogP contribution < -0.4 is 0 Å². The Morgan fingerprint density at radius 2 is 2.12 bits per heavy atom. The lowest BCUT2D eigenvalue weighted by molar-refractivity contribution is 0.612. The maximum absolute atomic E-state index is 10.5. The zero-order chi connectivity index (χ0) is 11.4. The van der Waals surface area contributed by atoms with Crippen LogP contribution in [0.1, 0.15) is 12.0 Å². The van der Waals surface area contributed by atoms with Gasteiger partial charge in [-0.05, 0) is 24.5 Å². The van der Waals surface area contributed by atoms with Crippen molar-refractivity contribution in [3.63, 3.8) is 0 Å². The molecule has 4 nitrogen and oxygen atoms in total.